The SMILES string of the molecule is CCc1c(C(=O)N2CCCN(S(=O)(=O)c3ccc(C)cc3)CC2)cnn1-c1ccc(OC)nn1. The van der Waals surface area contributed by atoms with Crippen molar-refractivity contribution in [1.82, 2.24) is 29.2 Å². The molecule has 0 spiro atoms. The number of amides is 1. The molecule has 0 atom stereocenters. The number of methoxy groups -OCH3 is 1. The van der Waals surface area contributed by atoms with Crippen LogP contribution in [0.2, 0.25) is 0 Å². The van der Waals surface area contributed by atoms with Gasteiger partial charge in [-0.1, -0.05) is 24.6 Å². The summed E-state index contributed by atoms with van der Waals surface area (Å²) in [5.41, 5.74) is 2.20. The quantitative estimate of drug-likeness (QED) is 0.527. The molecule has 0 saturated carbocycles. The first kappa shape index (κ1) is 23.8. The van der Waals surface area contributed by atoms with Gasteiger partial charge in [0.25, 0.3) is 5.91 Å². The molecule has 0 aliphatic carbocycles. The van der Waals surface area contributed by atoms with Crippen molar-refractivity contribution in [1.29, 1.82) is 0 Å². The fourth-order valence-electron chi connectivity index (χ4n) is 3.99. The zero-order valence-electron chi connectivity index (χ0n) is 19.5. The van der Waals surface area contributed by atoms with Crippen LogP contribution in [-0.4, -0.2) is 76.8 Å². The molecule has 11 heteroatoms. The molecule has 1 aliphatic heterocycles. The normalized spacial score (nSPS) is 15.2. The van der Waals surface area contributed by atoms with E-state index in [9.17, 15) is 13.2 Å². The lowest BCUT2D eigenvalue weighted by Crippen LogP contribution is -2.37. The largest absolute Gasteiger partial charge is 0.480 e. The molecular weight excluding hydrogens is 456 g/mol. The van der Waals surface area contributed by atoms with Crippen LogP contribution in [0.15, 0.2) is 47.5 Å². The molecule has 34 heavy (non-hydrogen) atoms. The standard InChI is InChI=1S/C23H28N6O4S/c1-4-20-19(16-24-29(20)21-10-11-22(33-3)26-25-21)23(30)27-12-5-13-28(15-14-27)34(31,32)18-8-6-17(2)7-9-18/h6-11,16H,4-5,12-15H2,1-3H3. The van der Waals surface area contributed by atoms with Crippen LogP contribution in [-0.2, 0) is 16.4 Å². The van der Waals surface area contributed by atoms with Crippen molar-refractivity contribution in [3.8, 4) is 11.7 Å². The second kappa shape index (κ2) is 9.90. The van der Waals surface area contributed by atoms with E-state index in [-0.39, 0.29) is 17.3 Å². The smallest absolute Gasteiger partial charge is 0.257 e. The average molecular weight is 485 g/mol. The number of rotatable bonds is 6. The van der Waals surface area contributed by atoms with E-state index >= 15 is 0 Å². The molecule has 1 aromatic carbocycles. The number of hydrogen-bond acceptors (Lipinski definition) is 7. The van der Waals surface area contributed by atoms with Gasteiger partial charge in [-0.15, -0.1) is 10.2 Å². The van der Waals surface area contributed by atoms with Crippen LogP contribution in [0.25, 0.3) is 5.82 Å². The van der Waals surface area contributed by atoms with Gasteiger partial charge in [0.1, 0.15) is 0 Å². The van der Waals surface area contributed by atoms with Crippen molar-refractivity contribution in [3.05, 3.63) is 59.4 Å². The lowest BCUT2D eigenvalue weighted by molar-refractivity contribution is 0.0763. The van der Waals surface area contributed by atoms with Crippen LogP contribution >= 0.6 is 0 Å². The van der Waals surface area contributed by atoms with Crippen LogP contribution in [0.1, 0.15) is 35.0 Å². The van der Waals surface area contributed by atoms with Gasteiger partial charge in [0.15, 0.2) is 5.82 Å². The summed E-state index contributed by atoms with van der Waals surface area (Å²) in [4.78, 5) is 15.4. The van der Waals surface area contributed by atoms with Gasteiger partial charge in [0.05, 0.1) is 29.5 Å². The highest BCUT2D eigenvalue weighted by Gasteiger charge is 2.30. The molecule has 0 unspecified atom stereocenters. The van der Waals surface area contributed by atoms with Gasteiger partial charge in [-0.3, -0.25) is 4.79 Å². The van der Waals surface area contributed by atoms with Crippen LogP contribution in [0, 0.1) is 6.92 Å². The maximum Gasteiger partial charge on any atom is 0.257 e. The second-order valence-electron chi connectivity index (χ2n) is 8.07. The van der Waals surface area contributed by atoms with E-state index < -0.39 is 10.0 Å². The van der Waals surface area contributed by atoms with E-state index in [4.69, 9.17) is 4.74 Å². The Morgan fingerprint density at radius 3 is 2.44 bits per heavy atom. The van der Waals surface area contributed by atoms with Crippen molar-refractivity contribution >= 4 is 15.9 Å². The van der Waals surface area contributed by atoms with Crippen molar-refractivity contribution in [2.24, 2.45) is 0 Å². The first-order valence-corrected chi connectivity index (χ1v) is 12.6. The summed E-state index contributed by atoms with van der Waals surface area (Å²) in [5.74, 6) is 0.710. The van der Waals surface area contributed by atoms with Crippen molar-refractivity contribution in [2.45, 2.75) is 31.6 Å². The summed E-state index contributed by atoms with van der Waals surface area (Å²) in [6, 6.07) is 10.2. The molecule has 1 amide bonds. The predicted octanol–water partition coefficient (Wildman–Crippen LogP) is 2.08. The van der Waals surface area contributed by atoms with E-state index in [1.165, 1.54) is 11.4 Å². The number of ether oxygens (including phenoxy) is 1. The summed E-state index contributed by atoms with van der Waals surface area (Å²) < 4.78 is 34.3. The zero-order chi connectivity index (χ0) is 24.3. The Bertz CT molecular complexity index is 1260. The van der Waals surface area contributed by atoms with E-state index in [1.54, 1.807) is 52.2 Å². The third-order valence-corrected chi connectivity index (χ3v) is 7.80. The fraction of sp³-hybridized carbons (Fsp3) is 0.391. The molecule has 1 aliphatic rings. The van der Waals surface area contributed by atoms with Gasteiger partial charge in [0, 0.05) is 32.2 Å². The van der Waals surface area contributed by atoms with E-state index in [2.05, 4.69) is 15.3 Å². The van der Waals surface area contributed by atoms with Crippen molar-refractivity contribution < 1.29 is 17.9 Å². The molecule has 4 rings (SSSR count). The number of aryl methyl sites for hydroxylation is 1. The number of carbonyl (C=O) groups is 1. The Hall–Kier alpha value is -3.31. The Kier molecular flexibility index (Phi) is 6.94. The minimum atomic E-state index is -3.61. The fourth-order valence-corrected chi connectivity index (χ4v) is 5.46. The lowest BCUT2D eigenvalue weighted by atomic mass is 10.1. The van der Waals surface area contributed by atoms with E-state index in [0.29, 0.717) is 49.7 Å². The highest BCUT2D eigenvalue weighted by molar-refractivity contribution is 7.89. The molecule has 180 valence electrons. The monoisotopic (exact) mass is 484 g/mol. The molecule has 10 nitrogen and oxygen atoms in total. The Morgan fingerprint density at radius 1 is 1.03 bits per heavy atom. The molecule has 1 saturated heterocycles. The first-order valence-electron chi connectivity index (χ1n) is 11.2. The summed E-state index contributed by atoms with van der Waals surface area (Å²) in [6.07, 6.45) is 2.66. The molecule has 3 heterocycles. The third kappa shape index (κ3) is 4.66. The number of carbonyl (C=O) groups excluding carboxylic acids is 1. The minimum absolute atomic E-state index is 0.167. The molecular formula is C23H28N6O4S. The Balaban J connectivity index is 1.52. The molecule has 0 bridgehead atoms. The van der Waals surface area contributed by atoms with Crippen molar-refractivity contribution in [2.75, 3.05) is 33.3 Å². The van der Waals surface area contributed by atoms with Gasteiger partial charge in [0.2, 0.25) is 15.9 Å². The van der Waals surface area contributed by atoms with Gasteiger partial charge in [-0.05, 0) is 38.0 Å². The number of hydrogen-bond donors (Lipinski definition) is 0. The molecule has 3 aromatic rings. The van der Waals surface area contributed by atoms with Crippen LogP contribution in [0.3, 0.4) is 0 Å². The van der Waals surface area contributed by atoms with Crippen molar-refractivity contribution in [3.63, 3.8) is 0 Å². The summed E-state index contributed by atoms with van der Waals surface area (Å²) >= 11 is 0. The third-order valence-electron chi connectivity index (χ3n) is 5.89. The summed E-state index contributed by atoms with van der Waals surface area (Å²) in [7, 11) is -2.10. The van der Waals surface area contributed by atoms with Gasteiger partial charge in [-0.2, -0.15) is 9.40 Å². The number of nitrogens with zero attached hydrogens (tertiary/aromatic N) is 6. The number of aromatic nitrogens is 4. The highest BCUT2D eigenvalue weighted by atomic mass is 32.2. The number of benzene rings is 1. The molecule has 0 radical (unpaired) electrons. The van der Waals surface area contributed by atoms with Gasteiger partial charge >= 0.3 is 0 Å². The van der Waals surface area contributed by atoms with E-state index in [0.717, 1.165) is 11.3 Å². The lowest BCUT2D eigenvalue weighted by Gasteiger charge is -2.22. The molecule has 0 N–H and O–H groups in total. The number of sulfonamides is 1. The second-order valence-corrected chi connectivity index (χ2v) is 10.0. The Labute approximate surface area is 199 Å². The molecule has 2 aromatic heterocycles. The van der Waals surface area contributed by atoms with Gasteiger partial charge < -0.3 is 9.64 Å². The summed E-state index contributed by atoms with van der Waals surface area (Å²) in [5, 5.41) is 12.5. The minimum Gasteiger partial charge on any atom is -0.480 e. The summed E-state index contributed by atoms with van der Waals surface area (Å²) in [6.45, 7) is 5.23. The maximum atomic E-state index is 13.4. The average Bonchev–Trinajstić information content (AvgIpc) is 3.12. The topological polar surface area (TPSA) is 111 Å². The Morgan fingerprint density at radius 2 is 1.79 bits per heavy atom. The highest BCUT2D eigenvalue weighted by Crippen LogP contribution is 2.21. The van der Waals surface area contributed by atoms with Gasteiger partial charge in [-0.25, -0.2) is 13.1 Å². The van der Waals surface area contributed by atoms with E-state index in [1.807, 2.05) is 13.8 Å². The van der Waals surface area contributed by atoms with Crippen LogP contribution in [0.5, 0.6) is 5.88 Å². The molecule has 1 fully saturated rings. The predicted molar refractivity (Wildman–Crippen MR) is 126 cm³/mol. The zero-order valence-corrected chi connectivity index (χ0v) is 20.3. The first-order chi connectivity index (χ1) is 16.3. The van der Waals surface area contributed by atoms with Crippen LogP contribution < -0.4 is 4.74 Å². The maximum absolute atomic E-state index is 13.4. The van der Waals surface area contributed by atoms with Crippen LogP contribution in [0.4, 0.5) is 0 Å².